The number of guanidine groups is 1. The van der Waals surface area contributed by atoms with Gasteiger partial charge in [0.15, 0.2) is 5.96 Å². The van der Waals surface area contributed by atoms with Crippen molar-refractivity contribution in [2.24, 2.45) is 4.99 Å². The van der Waals surface area contributed by atoms with Crippen LogP contribution in [0.5, 0.6) is 0 Å². The Morgan fingerprint density at radius 1 is 1.54 bits per heavy atom. The molecule has 1 aromatic rings. The second kappa shape index (κ2) is 10.4. The standard InChI is InChI=1S/C18H32N4O2/c1-4-22-12-5-7-16(22)15-21(2)18(20-11-14-23-3)19-10-9-17-8-6-13-24-17/h6,8,13,16H,4-5,7,9-12,14-15H2,1-3H3,(H,19,20). The third-order valence-corrected chi connectivity index (χ3v) is 4.54. The maximum Gasteiger partial charge on any atom is 0.193 e. The monoisotopic (exact) mass is 336 g/mol. The van der Waals surface area contributed by atoms with E-state index in [2.05, 4.69) is 34.1 Å². The molecule has 1 N–H and O–H groups in total. The normalized spacial score (nSPS) is 19.0. The fourth-order valence-corrected chi connectivity index (χ4v) is 3.23. The van der Waals surface area contributed by atoms with Crippen LogP contribution in [-0.4, -0.2) is 75.3 Å². The van der Waals surface area contributed by atoms with Crippen LogP contribution in [0.15, 0.2) is 27.8 Å². The number of hydrogen-bond acceptors (Lipinski definition) is 4. The first-order valence-corrected chi connectivity index (χ1v) is 8.99. The molecule has 0 saturated carbocycles. The highest BCUT2D eigenvalue weighted by Crippen LogP contribution is 2.17. The molecule has 1 unspecified atom stereocenters. The van der Waals surface area contributed by atoms with Gasteiger partial charge in [0.1, 0.15) is 5.76 Å². The summed E-state index contributed by atoms with van der Waals surface area (Å²) in [5.74, 6) is 1.94. The molecule has 1 aromatic heterocycles. The number of ether oxygens (including phenoxy) is 1. The van der Waals surface area contributed by atoms with E-state index in [-0.39, 0.29) is 0 Å². The van der Waals surface area contributed by atoms with Gasteiger partial charge in [-0.15, -0.1) is 0 Å². The highest BCUT2D eigenvalue weighted by atomic mass is 16.5. The van der Waals surface area contributed by atoms with Gasteiger partial charge in [0.2, 0.25) is 0 Å². The van der Waals surface area contributed by atoms with Crippen LogP contribution in [0.4, 0.5) is 0 Å². The molecule has 0 aliphatic carbocycles. The second-order valence-corrected chi connectivity index (χ2v) is 6.26. The van der Waals surface area contributed by atoms with Crippen molar-refractivity contribution in [3.8, 4) is 0 Å². The molecule has 1 aliphatic heterocycles. The van der Waals surface area contributed by atoms with Crippen molar-refractivity contribution in [1.29, 1.82) is 0 Å². The summed E-state index contributed by atoms with van der Waals surface area (Å²) in [5, 5.41) is 3.47. The van der Waals surface area contributed by atoms with Crippen LogP contribution in [0.25, 0.3) is 0 Å². The number of rotatable bonds is 9. The quantitative estimate of drug-likeness (QED) is 0.424. The number of methoxy groups -OCH3 is 1. The topological polar surface area (TPSA) is 53.2 Å². The molecule has 0 spiro atoms. The Morgan fingerprint density at radius 3 is 3.12 bits per heavy atom. The summed E-state index contributed by atoms with van der Waals surface area (Å²) in [6.45, 7) is 7.72. The first kappa shape index (κ1) is 18.8. The van der Waals surface area contributed by atoms with Gasteiger partial charge in [-0.2, -0.15) is 0 Å². The molecule has 0 amide bonds. The van der Waals surface area contributed by atoms with Crippen LogP contribution < -0.4 is 5.32 Å². The Balaban J connectivity index is 1.87. The predicted molar refractivity (Wildman–Crippen MR) is 97.5 cm³/mol. The number of furan rings is 1. The summed E-state index contributed by atoms with van der Waals surface area (Å²) >= 11 is 0. The van der Waals surface area contributed by atoms with Crippen molar-refractivity contribution >= 4 is 5.96 Å². The van der Waals surface area contributed by atoms with Crippen molar-refractivity contribution in [3.05, 3.63) is 24.2 Å². The number of likely N-dealkylation sites (tertiary alicyclic amines) is 1. The van der Waals surface area contributed by atoms with Crippen LogP contribution in [0.1, 0.15) is 25.5 Å². The Bertz CT molecular complexity index is 475. The molecule has 1 atom stereocenters. The van der Waals surface area contributed by atoms with E-state index < -0.39 is 0 Å². The van der Waals surface area contributed by atoms with Crippen LogP contribution in [-0.2, 0) is 11.2 Å². The van der Waals surface area contributed by atoms with Crippen LogP contribution in [0, 0.1) is 0 Å². The van der Waals surface area contributed by atoms with Gasteiger partial charge in [-0.3, -0.25) is 9.89 Å². The minimum atomic E-state index is 0.625. The van der Waals surface area contributed by atoms with Crippen molar-refractivity contribution in [2.75, 3.05) is 53.5 Å². The molecule has 2 heterocycles. The summed E-state index contributed by atoms with van der Waals surface area (Å²) in [6.07, 6.45) is 5.15. The number of likely N-dealkylation sites (N-methyl/N-ethyl adjacent to an activating group) is 2. The Labute approximate surface area is 145 Å². The molecule has 1 aliphatic rings. The largest absolute Gasteiger partial charge is 0.469 e. The maximum atomic E-state index is 5.39. The van der Waals surface area contributed by atoms with Crippen molar-refractivity contribution in [3.63, 3.8) is 0 Å². The molecule has 2 rings (SSSR count). The number of nitrogens with one attached hydrogen (secondary N) is 1. The minimum Gasteiger partial charge on any atom is -0.469 e. The number of nitrogens with zero attached hydrogens (tertiary/aromatic N) is 3. The average molecular weight is 336 g/mol. The second-order valence-electron chi connectivity index (χ2n) is 6.26. The first-order valence-electron chi connectivity index (χ1n) is 8.99. The van der Waals surface area contributed by atoms with Gasteiger partial charge in [0, 0.05) is 39.7 Å². The molecule has 0 aromatic carbocycles. The van der Waals surface area contributed by atoms with Crippen molar-refractivity contribution in [1.82, 2.24) is 15.1 Å². The van der Waals surface area contributed by atoms with Crippen LogP contribution >= 0.6 is 0 Å². The van der Waals surface area contributed by atoms with E-state index in [9.17, 15) is 0 Å². The third-order valence-electron chi connectivity index (χ3n) is 4.54. The summed E-state index contributed by atoms with van der Waals surface area (Å²) in [7, 11) is 3.83. The molecular weight excluding hydrogens is 304 g/mol. The Hall–Kier alpha value is -1.53. The molecular formula is C18H32N4O2. The van der Waals surface area contributed by atoms with E-state index in [0.717, 1.165) is 37.8 Å². The zero-order valence-electron chi connectivity index (χ0n) is 15.3. The third kappa shape index (κ3) is 5.83. The highest BCUT2D eigenvalue weighted by Gasteiger charge is 2.24. The zero-order valence-corrected chi connectivity index (χ0v) is 15.3. The van der Waals surface area contributed by atoms with E-state index in [1.165, 1.54) is 19.4 Å². The van der Waals surface area contributed by atoms with E-state index in [4.69, 9.17) is 9.15 Å². The fourth-order valence-electron chi connectivity index (χ4n) is 3.23. The summed E-state index contributed by atoms with van der Waals surface area (Å²) in [6, 6.07) is 4.55. The predicted octanol–water partition coefficient (Wildman–Crippen LogP) is 1.83. The lowest BCUT2D eigenvalue weighted by Crippen LogP contribution is -2.46. The molecule has 0 radical (unpaired) electrons. The maximum absolute atomic E-state index is 5.39. The van der Waals surface area contributed by atoms with E-state index in [1.54, 1.807) is 13.4 Å². The minimum absolute atomic E-state index is 0.625. The first-order chi connectivity index (χ1) is 11.7. The molecule has 1 fully saturated rings. The lowest BCUT2D eigenvalue weighted by Gasteiger charge is -2.30. The van der Waals surface area contributed by atoms with Gasteiger partial charge in [0.25, 0.3) is 0 Å². The Kier molecular flexibility index (Phi) is 8.12. The number of hydrogen-bond donors (Lipinski definition) is 1. The number of aliphatic imine (C=N–C) groups is 1. The molecule has 6 heteroatoms. The zero-order chi connectivity index (χ0) is 17.2. The van der Waals surface area contributed by atoms with Crippen LogP contribution in [0.3, 0.4) is 0 Å². The molecule has 1 saturated heterocycles. The fraction of sp³-hybridized carbons (Fsp3) is 0.722. The summed E-state index contributed by atoms with van der Waals surface area (Å²) in [5.41, 5.74) is 0. The molecule has 136 valence electrons. The van der Waals surface area contributed by atoms with E-state index >= 15 is 0 Å². The summed E-state index contributed by atoms with van der Waals surface area (Å²) in [4.78, 5) is 9.49. The SMILES string of the molecule is CCN1CCCC1CN(C)C(=NCCOC)NCCc1ccco1. The van der Waals surface area contributed by atoms with Gasteiger partial charge in [-0.25, -0.2) is 0 Å². The van der Waals surface area contributed by atoms with Gasteiger partial charge in [-0.05, 0) is 38.1 Å². The van der Waals surface area contributed by atoms with Gasteiger partial charge in [0.05, 0.1) is 19.4 Å². The smallest absolute Gasteiger partial charge is 0.193 e. The van der Waals surface area contributed by atoms with Crippen molar-refractivity contribution in [2.45, 2.75) is 32.2 Å². The molecule has 0 bridgehead atoms. The lowest BCUT2D eigenvalue weighted by molar-refractivity contribution is 0.206. The summed E-state index contributed by atoms with van der Waals surface area (Å²) < 4.78 is 10.5. The van der Waals surface area contributed by atoms with E-state index in [1.807, 2.05) is 12.1 Å². The van der Waals surface area contributed by atoms with Gasteiger partial charge in [-0.1, -0.05) is 6.92 Å². The Morgan fingerprint density at radius 2 is 2.42 bits per heavy atom. The van der Waals surface area contributed by atoms with Crippen LogP contribution in [0.2, 0.25) is 0 Å². The molecule has 24 heavy (non-hydrogen) atoms. The van der Waals surface area contributed by atoms with E-state index in [0.29, 0.717) is 19.2 Å². The highest BCUT2D eigenvalue weighted by molar-refractivity contribution is 5.79. The average Bonchev–Trinajstić information content (AvgIpc) is 3.25. The van der Waals surface area contributed by atoms with Gasteiger partial charge >= 0.3 is 0 Å². The van der Waals surface area contributed by atoms with Crippen molar-refractivity contribution < 1.29 is 9.15 Å². The lowest BCUT2D eigenvalue weighted by atomic mass is 10.2. The molecule has 6 nitrogen and oxygen atoms in total. The van der Waals surface area contributed by atoms with Gasteiger partial charge < -0.3 is 19.4 Å².